The van der Waals surface area contributed by atoms with Crippen molar-refractivity contribution in [2.24, 2.45) is 0 Å². The lowest BCUT2D eigenvalue weighted by Gasteiger charge is -2.09. The van der Waals surface area contributed by atoms with Gasteiger partial charge in [-0.05, 0) is 19.8 Å². The SMILES string of the molecule is Cc1nccnc1-c1cnc(CNC2CCCC2)[nH]1. The number of H-pyrrole nitrogens is 1. The number of aromatic amines is 1. The Morgan fingerprint density at radius 3 is 2.79 bits per heavy atom. The van der Waals surface area contributed by atoms with Crippen LogP contribution in [0.3, 0.4) is 0 Å². The van der Waals surface area contributed by atoms with E-state index in [0.717, 1.165) is 29.5 Å². The Morgan fingerprint density at radius 2 is 2.00 bits per heavy atom. The molecule has 1 fully saturated rings. The Balaban J connectivity index is 1.67. The number of hydrogen-bond donors (Lipinski definition) is 2. The fourth-order valence-corrected chi connectivity index (χ4v) is 2.62. The van der Waals surface area contributed by atoms with E-state index in [1.54, 1.807) is 12.4 Å². The summed E-state index contributed by atoms with van der Waals surface area (Å²) in [6, 6.07) is 0.659. The number of rotatable bonds is 4. The lowest BCUT2D eigenvalue weighted by molar-refractivity contribution is 0.515. The zero-order valence-electron chi connectivity index (χ0n) is 11.2. The molecule has 3 rings (SSSR count). The third kappa shape index (κ3) is 2.81. The summed E-state index contributed by atoms with van der Waals surface area (Å²) < 4.78 is 0. The van der Waals surface area contributed by atoms with Gasteiger partial charge in [-0.25, -0.2) is 4.98 Å². The fraction of sp³-hybridized carbons (Fsp3) is 0.500. The molecule has 1 aliphatic rings. The van der Waals surface area contributed by atoms with Gasteiger partial charge in [0.2, 0.25) is 0 Å². The second kappa shape index (κ2) is 5.48. The number of aryl methyl sites for hydroxylation is 1. The van der Waals surface area contributed by atoms with Crippen LogP contribution in [0.2, 0.25) is 0 Å². The van der Waals surface area contributed by atoms with Crippen LogP contribution in [-0.2, 0) is 6.54 Å². The fourth-order valence-electron chi connectivity index (χ4n) is 2.62. The van der Waals surface area contributed by atoms with Crippen molar-refractivity contribution in [1.29, 1.82) is 0 Å². The second-order valence-corrected chi connectivity index (χ2v) is 5.10. The average molecular weight is 257 g/mol. The Hall–Kier alpha value is -1.75. The molecular weight excluding hydrogens is 238 g/mol. The molecule has 0 saturated heterocycles. The van der Waals surface area contributed by atoms with Crippen molar-refractivity contribution in [3.8, 4) is 11.4 Å². The molecule has 5 nitrogen and oxygen atoms in total. The average Bonchev–Trinajstić information content (AvgIpc) is 3.08. The maximum Gasteiger partial charge on any atom is 0.120 e. The van der Waals surface area contributed by atoms with Gasteiger partial charge in [0.1, 0.15) is 11.5 Å². The van der Waals surface area contributed by atoms with Crippen molar-refractivity contribution >= 4 is 0 Å². The van der Waals surface area contributed by atoms with E-state index < -0.39 is 0 Å². The first-order valence-electron chi connectivity index (χ1n) is 6.88. The van der Waals surface area contributed by atoms with Crippen molar-refractivity contribution < 1.29 is 0 Å². The molecule has 0 unspecified atom stereocenters. The van der Waals surface area contributed by atoms with Gasteiger partial charge in [0, 0.05) is 18.4 Å². The smallest absolute Gasteiger partial charge is 0.120 e. The van der Waals surface area contributed by atoms with Crippen molar-refractivity contribution in [2.75, 3.05) is 0 Å². The van der Waals surface area contributed by atoms with E-state index in [1.807, 2.05) is 13.1 Å². The second-order valence-electron chi connectivity index (χ2n) is 5.10. The molecule has 0 spiro atoms. The molecule has 19 heavy (non-hydrogen) atoms. The third-order valence-electron chi connectivity index (χ3n) is 3.68. The number of imidazole rings is 1. The molecule has 2 N–H and O–H groups in total. The van der Waals surface area contributed by atoms with Crippen LogP contribution in [0.1, 0.15) is 37.2 Å². The zero-order chi connectivity index (χ0) is 13.1. The third-order valence-corrected chi connectivity index (χ3v) is 3.68. The summed E-state index contributed by atoms with van der Waals surface area (Å²) in [7, 11) is 0. The molecule has 0 amide bonds. The number of aromatic nitrogens is 4. The highest BCUT2D eigenvalue weighted by atomic mass is 15.0. The van der Waals surface area contributed by atoms with Gasteiger partial charge in [-0.3, -0.25) is 9.97 Å². The van der Waals surface area contributed by atoms with E-state index >= 15 is 0 Å². The number of nitrogens with zero attached hydrogens (tertiary/aromatic N) is 3. The highest BCUT2D eigenvalue weighted by Gasteiger charge is 2.15. The molecule has 0 bridgehead atoms. The molecule has 2 aromatic heterocycles. The summed E-state index contributed by atoms with van der Waals surface area (Å²) >= 11 is 0. The van der Waals surface area contributed by atoms with Crippen molar-refractivity contribution in [1.82, 2.24) is 25.3 Å². The molecule has 1 aliphatic carbocycles. The van der Waals surface area contributed by atoms with Crippen molar-refractivity contribution in [2.45, 2.75) is 45.2 Å². The molecule has 0 radical (unpaired) electrons. The first-order valence-corrected chi connectivity index (χ1v) is 6.88. The van der Waals surface area contributed by atoms with Crippen LogP contribution in [0.25, 0.3) is 11.4 Å². The molecule has 2 aromatic rings. The summed E-state index contributed by atoms with van der Waals surface area (Å²) in [6.07, 6.45) is 10.5. The Morgan fingerprint density at radius 1 is 1.21 bits per heavy atom. The normalized spacial score (nSPS) is 16.1. The molecule has 100 valence electrons. The lowest BCUT2D eigenvalue weighted by Crippen LogP contribution is -2.25. The maximum absolute atomic E-state index is 4.41. The van der Waals surface area contributed by atoms with Crippen LogP contribution in [0.4, 0.5) is 0 Å². The summed E-state index contributed by atoms with van der Waals surface area (Å²) in [6.45, 7) is 2.75. The molecule has 5 heteroatoms. The summed E-state index contributed by atoms with van der Waals surface area (Å²) in [5.41, 5.74) is 2.73. The first kappa shape index (κ1) is 12.3. The lowest BCUT2D eigenvalue weighted by atomic mass is 10.2. The van der Waals surface area contributed by atoms with Crippen molar-refractivity contribution in [3.63, 3.8) is 0 Å². The predicted molar refractivity (Wildman–Crippen MR) is 73.4 cm³/mol. The van der Waals surface area contributed by atoms with E-state index in [2.05, 4.69) is 25.3 Å². The maximum atomic E-state index is 4.41. The summed E-state index contributed by atoms with van der Waals surface area (Å²) in [5.74, 6) is 0.965. The summed E-state index contributed by atoms with van der Waals surface area (Å²) in [4.78, 5) is 16.3. The largest absolute Gasteiger partial charge is 0.340 e. The van der Waals surface area contributed by atoms with Gasteiger partial charge in [0.05, 0.1) is 24.1 Å². The monoisotopic (exact) mass is 257 g/mol. The Labute approximate surface area is 112 Å². The molecule has 1 saturated carbocycles. The minimum atomic E-state index is 0.659. The highest BCUT2D eigenvalue weighted by Crippen LogP contribution is 2.19. The van der Waals surface area contributed by atoms with Gasteiger partial charge >= 0.3 is 0 Å². The van der Waals surface area contributed by atoms with Gasteiger partial charge in [0.25, 0.3) is 0 Å². The molecule has 0 aliphatic heterocycles. The van der Waals surface area contributed by atoms with Gasteiger partial charge < -0.3 is 10.3 Å². The van der Waals surface area contributed by atoms with Gasteiger partial charge in [-0.1, -0.05) is 12.8 Å². The number of nitrogens with one attached hydrogen (secondary N) is 2. The van der Waals surface area contributed by atoms with Crippen LogP contribution >= 0.6 is 0 Å². The van der Waals surface area contributed by atoms with Gasteiger partial charge in [-0.15, -0.1) is 0 Å². The molecule has 2 heterocycles. The topological polar surface area (TPSA) is 66.5 Å². The predicted octanol–water partition coefficient (Wildman–Crippen LogP) is 2.21. The minimum absolute atomic E-state index is 0.659. The van der Waals surface area contributed by atoms with Crippen molar-refractivity contribution in [3.05, 3.63) is 30.1 Å². The van der Waals surface area contributed by atoms with Crippen LogP contribution in [0, 0.1) is 6.92 Å². The van der Waals surface area contributed by atoms with Gasteiger partial charge in [0.15, 0.2) is 0 Å². The standard InChI is InChI=1S/C14H19N5/c1-10-14(16-7-6-15-10)12-8-18-13(19-12)9-17-11-4-2-3-5-11/h6-8,11,17H,2-5,9H2,1H3,(H,18,19). The summed E-state index contributed by atoms with van der Waals surface area (Å²) in [5, 5.41) is 3.55. The quantitative estimate of drug-likeness (QED) is 0.881. The first-order chi connectivity index (χ1) is 9.33. The number of hydrogen-bond acceptors (Lipinski definition) is 4. The molecule has 0 atom stereocenters. The van der Waals surface area contributed by atoms with Crippen LogP contribution in [-0.4, -0.2) is 26.0 Å². The molecular formula is C14H19N5. The highest BCUT2D eigenvalue weighted by molar-refractivity contribution is 5.55. The van der Waals surface area contributed by atoms with Crippen LogP contribution in [0.5, 0.6) is 0 Å². The zero-order valence-corrected chi connectivity index (χ0v) is 11.2. The minimum Gasteiger partial charge on any atom is -0.340 e. The van der Waals surface area contributed by atoms with E-state index in [0.29, 0.717) is 6.04 Å². The van der Waals surface area contributed by atoms with Crippen LogP contribution in [0.15, 0.2) is 18.6 Å². The van der Waals surface area contributed by atoms with Gasteiger partial charge in [-0.2, -0.15) is 0 Å². The van der Waals surface area contributed by atoms with E-state index in [4.69, 9.17) is 0 Å². The van der Waals surface area contributed by atoms with Crippen LogP contribution < -0.4 is 5.32 Å². The molecule has 0 aromatic carbocycles. The Kier molecular flexibility index (Phi) is 3.55. The Bertz CT molecular complexity index is 542. The van der Waals surface area contributed by atoms with E-state index in [-0.39, 0.29) is 0 Å². The van der Waals surface area contributed by atoms with E-state index in [1.165, 1.54) is 25.7 Å². The van der Waals surface area contributed by atoms with E-state index in [9.17, 15) is 0 Å².